The Morgan fingerprint density at radius 2 is 1.70 bits per heavy atom. The third-order valence-electron chi connectivity index (χ3n) is 7.34. The van der Waals surface area contributed by atoms with E-state index in [0.29, 0.717) is 19.6 Å². The van der Waals surface area contributed by atoms with Crippen LogP contribution in [0.5, 0.6) is 0 Å². The van der Waals surface area contributed by atoms with Crippen molar-refractivity contribution in [2.24, 2.45) is 5.92 Å². The second-order valence-corrected chi connectivity index (χ2v) is 9.90. The zero-order valence-corrected chi connectivity index (χ0v) is 21.4. The fourth-order valence-corrected chi connectivity index (χ4v) is 5.42. The van der Waals surface area contributed by atoms with Crippen molar-refractivity contribution in [1.29, 1.82) is 0 Å². The van der Waals surface area contributed by atoms with E-state index in [1.807, 2.05) is 24.3 Å². The van der Waals surface area contributed by atoms with Gasteiger partial charge in [-0.25, -0.2) is 4.79 Å². The summed E-state index contributed by atoms with van der Waals surface area (Å²) in [6.45, 7) is 5.21. The number of aliphatic carboxylic acids is 1. The molecule has 0 aliphatic carbocycles. The van der Waals surface area contributed by atoms with Crippen LogP contribution in [0.2, 0.25) is 0 Å². The normalized spacial score (nSPS) is 19.2. The first-order valence-corrected chi connectivity index (χ1v) is 12.9. The zero-order chi connectivity index (χ0) is 26.4. The molecule has 0 spiro atoms. The van der Waals surface area contributed by atoms with E-state index < -0.39 is 17.9 Å². The first-order valence-electron chi connectivity index (χ1n) is 12.9. The Hall–Kier alpha value is -3.71. The summed E-state index contributed by atoms with van der Waals surface area (Å²) in [4.78, 5) is 37.8. The number of hydrogen-bond acceptors (Lipinski definition) is 4. The lowest BCUT2D eigenvalue weighted by Gasteiger charge is -2.40. The summed E-state index contributed by atoms with van der Waals surface area (Å²) in [6.07, 6.45) is 0.542. The van der Waals surface area contributed by atoms with E-state index in [4.69, 9.17) is 0 Å². The lowest BCUT2D eigenvalue weighted by molar-refractivity contribution is -0.145. The van der Waals surface area contributed by atoms with Crippen LogP contribution >= 0.6 is 0 Å². The van der Waals surface area contributed by atoms with Gasteiger partial charge in [-0.3, -0.25) is 9.59 Å². The molecule has 1 fully saturated rings. The fraction of sp³-hybridized carbons (Fsp3) is 0.367. The van der Waals surface area contributed by atoms with Gasteiger partial charge in [-0.2, -0.15) is 0 Å². The van der Waals surface area contributed by atoms with Crippen molar-refractivity contribution in [3.8, 4) is 0 Å². The molecule has 0 radical (unpaired) electrons. The van der Waals surface area contributed by atoms with Gasteiger partial charge in [0.1, 0.15) is 6.04 Å². The average molecular weight is 502 g/mol. The molecule has 1 aliphatic heterocycles. The molecule has 1 heterocycles. The summed E-state index contributed by atoms with van der Waals surface area (Å²) in [7, 11) is 0. The Labute approximate surface area is 217 Å². The third-order valence-corrected chi connectivity index (χ3v) is 7.34. The average Bonchev–Trinajstić information content (AvgIpc) is 2.91. The van der Waals surface area contributed by atoms with Crippen molar-refractivity contribution >= 4 is 28.6 Å². The molecule has 3 aromatic carbocycles. The molecule has 7 heteroatoms. The number of hydrogen-bond donors (Lipinski definition) is 3. The number of carboxylic acid groups (broad SMARTS) is 1. The van der Waals surface area contributed by atoms with Crippen LogP contribution in [0, 0.1) is 5.92 Å². The van der Waals surface area contributed by atoms with Gasteiger partial charge < -0.3 is 20.6 Å². The third kappa shape index (κ3) is 6.54. The van der Waals surface area contributed by atoms with Crippen LogP contribution in [0.25, 0.3) is 10.8 Å². The second-order valence-electron chi connectivity index (χ2n) is 9.90. The van der Waals surface area contributed by atoms with Crippen LogP contribution in [-0.2, 0) is 14.4 Å². The Balaban J connectivity index is 1.49. The van der Waals surface area contributed by atoms with Crippen LogP contribution in [0.3, 0.4) is 0 Å². The number of carboxylic acids is 1. The number of amides is 2. The van der Waals surface area contributed by atoms with Gasteiger partial charge in [0.15, 0.2) is 0 Å². The number of benzene rings is 3. The number of rotatable bonds is 9. The number of carbonyl (C=O) groups is 3. The Morgan fingerprint density at radius 1 is 1.00 bits per heavy atom. The quantitative estimate of drug-likeness (QED) is 0.410. The molecule has 7 nitrogen and oxygen atoms in total. The SMILES string of the molecule is CC(=O)N[C@@H](CC(=O)N1CCC(c2ccccc2)C(CN[C@H](C)c2cccc3ccccc23)C1)C(=O)O. The number of carbonyl (C=O) groups excluding carboxylic acids is 2. The topological polar surface area (TPSA) is 98.7 Å². The highest BCUT2D eigenvalue weighted by Gasteiger charge is 2.34. The Bertz CT molecular complexity index is 1240. The van der Waals surface area contributed by atoms with Gasteiger partial charge >= 0.3 is 5.97 Å². The van der Waals surface area contributed by atoms with Gasteiger partial charge in [0.25, 0.3) is 0 Å². The number of nitrogens with zero attached hydrogens (tertiary/aromatic N) is 1. The number of fused-ring (bicyclic) bond motifs is 1. The van der Waals surface area contributed by atoms with Gasteiger partial charge in [-0.05, 0) is 47.1 Å². The first kappa shape index (κ1) is 26.4. The lowest BCUT2D eigenvalue weighted by Crippen LogP contribution is -2.49. The van der Waals surface area contributed by atoms with Crippen molar-refractivity contribution < 1.29 is 19.5 Å². The van der Waals surface area contributed by atoms with E-state index in [9.17, 15) is 19.5 Å². The van der Waals surface area contributed by atoms with Crippen LogP contribution < -0.4 is 10.6 Å². The summed E-state index contributed by atoms with van der Waals surface area (Å²) in [5.74, 6) is -1.48. The summed E-state index contributed by atoms with van der Waals surface area (Å²) in [6, 6.07) is 24.0. The molecular weight excluding hydrogens is 466 g/mol. The molecule has 0 saturated carbocycles. The standard InChI is InChI=1S/C30H35N3O4/c1-20(25-14-8-12-23-11-6-7-13-27(23)25)31-18-24-19-33(16-15-26(24)22-9-4-3-5-10-22)29(35)17-28(30(36)37)32-21(2)34/h3-14,20,24,26,28,31H,15-19H2,1-2H3,(H,32,34)(H,36,37)/t20-,24?,26?,28+/m1/s1. The van der Waals surface area contributed by atoms with Gasteiger partial charge in [-0.15, -0.1) is 0 Å². The molecule has 1 saturated heterocycles. The molecule has 3 N–H and O–H groups in total. The predicted molar refractivity (Wildman–Crippen MR) is 144 cm³/mol. The maximum absolute atomic E-state index is 13.1. The van der Waals surface area contributed by atoms with E-state index in [1.165, 1.54) is 28.8 Å². The van der Waals surface area contributed by atoms with Crippen LogP contribution in [0.1, 0.15) is 49.8 Å². The maximum Gasteiger partial charge on any atom is 0.326 e. The van der Waals surface area contributed by atoms with E-state index in [2.05, 4.69) is 66.1 Å². The molecular formula is C30H35N3O4. The van der Waals surface area contributed by atoms with E-state index >= 15 is 0 Å². The van der Waals surface area contributed by atoms with Crippen LogP contribution in [0.15, 0.2) is 72.8 Å². The molecule has 2 unspecified atom stereocenters. The van der Waals surface area contributed by atoms with Crippen molar-refractivity contribution in [1.82, 2.24) is 15.5 Å². The van der Waals surface area contributed by atoms with Crippen molar-refractivity contribution in [3.63, 3.8) is 0 Å². The maximum atomic E-state index is 13.1. The van der Waals surface area contributed by atoms with Crippen molar-refractivity contribution in [2.75, 3.05) is 19.6 Å². The molecule has 4 atom stereocenters. The molecule has 1 aliphatic rings. The van der Waals surface area contributed by atoms with E-state index in [0.717, 1.165) is 6.42 Å². The van der Waals surface area contributed by atoms with Crippen molar-refractivity contribution in [2.45, 2.75) is 44.7 Å². The number of piperidine rings is 1. The van der Waals surface area contributed by atoms with E-state index in [-0.39, 0.29) is 30.2 Å². The summed E-state index contributed by atoms with van der Waals surface area (Å²) in [5, 5.41) is 18.0. The number of nitrogens with one attached hydrogen (secondary N) is 2. The van der Waals surface area contributed by atoms with Crippen LogP contribution in [-0.4, -0.2) is 53.5 Å². The minimum Gasteiger partial charge on any atom is -0.480 e. The molecule has 37 heavy (non-hydrogen) atoms. The highest BCUT2D eigenvalue weighted by molar-refractivity contribution is 5.88. The molecule has 4 rings (SSSR count). The summed E-state index contributed by atoms with van der Waals surface area (Å²) >= 11 is 0. The van der Waals surface area contributed by atoms with Gasteiger partial charge in [0.2, 0.25) is 11.8 Å². The highest BCUT2D eigenvalue weighted by atomic mass is 16.4. The monoisotopic (exact) mass is 501 g/mol. The molecule has 0 bridgehead atoms. The molecule has 0 aromatic heterocycles. The second kappa shape index (κ2) is 12.0. The highest BCUT2D eigenvalue weighted by Crippen LogP contribution is 2.34. The Morgan fingerprint density at radius 3 is 2.43 bits per heavy atom. The smallest absolute Gasteiger partial charge is 0.326 e. The van der Waals surface area contributed by atoms with Crippen molar-refractivity contribution in [3.05, 3.63) is 83.9 Å². The van der Waals surface area contributed by atoms with Crippen LogP contribution in [0.4, 0.5) is 0 Å². The molecule has 194 valence electrons. The van der Waals surface area contributed by atoms with Gasteiger partial charge in [0.05, 0.1) is 6.42 Å². The van der Waals surface area contributed by atoms with Gasteiger partial charge in [0, 0.05) is 32.6 Å². The first-order chi connectivity index (χ1) is 17.8. The predicted octanol–water partition coefficient (Wildman–Crippen LogP) is 4.10. The molecule has 3 aromatic rings. The minimum absolute atomic E-state index is 0.116. The molecule has 2 amide bonds. The number of likely N-dealkylation sites (tertiary alicyclic amines) is 1. The minimum atomic E-state index is -1.22. The lowest BCUT2D eigenvalue weighted by atomic mass is 9.80. The fourth-order valence-electron chi connectivity index (χ4n) is 5.42. The Kier molecular flexibility index (Phi) is 8.56. The zero-order valence-electron chi connectivity index (χ0n) is 21.4. The van der Waals surface area contributed by atoms with Gasteiger partial charge in [-0.1, -0.05) is 72.8 Å². The largest absolute Gasteiger partial charge is 0.480 e. The summed E-state index contributed by atoms with van der Waals surface area (Å²) in [5.41, 5.74) is 2.48. The summed E-state index contributed by atoms with van der Waals surface area (Å²) < 4.78 is 0. The van der Waals surface area contributed by atoms with E-state index in [1.54, 1.807) is 4.90 Å².